The van der Waals surface area contributed by atoms with Gasteiger partial charge in [-0.3, -0.25) is 4.79 Å². The van der Waals surface area contributed by atoms with Crippen LogP contribution in [0.15, 0.2) is 53.7 Å². The van der Waals surface area contributed by atoms with E-state index in [1.807, 2.05) is 6.07 Å². The van der Waals surface area contributed by atoms with E-state index in [9.17, 15) is 4.79 Å². The maximum absolute atomic E-state index is 12.0. The molecule has 3 aromatic rings. The molecule has 1 aromatic heterocycles. The Hall–Kier alpha value is -2.22. The Kier molecular flexibility index (Phi) is 5.47. The zero-order valence-corrected chi connectivity index (χ0v) is 15.1. The van der Waals surface area contributed by atoms with Gasteiger partial charge in [-0.15, -0.1) is 10.2 Å². The number of benzene rings is 2. The van der Waals surface area contributed by atoms with Crippen LogP contribution in [0.25, 0.3) is 11.4 Å². The summed E-state index contributed by atoms with van der Waals surface area (Å²) in [5.41, 5.74) is 1.42. The van der Waals surface area contributed by atoms with Crippen molar-refractivity contribution in [1.82, 2.24) is 14.9 Å². The van der Waals surface area contributed by atoms with E-state index in [0.29, 0.717) is 26.7 Å². The number of carbonyl (C=O) groups is 1. The maximum Gasteiger partial charge on any atom is 0.234 e. The summed E-state index contributed by atoms with van der Waals surface area (Å²) in [7, 11) is 0. The minimum atomic E-state index is -0.181. The Bertz CT molecular complexity index is 898. The van der Waals surface area contributed by atoms with Crippen molar-refractivity contribution >= 4 is 46.6 Å². The van der Waals surface area contributed by atoms with E-state index >= 15 is 0 Å². The highest BCUT2D eigenvalue weighted by molar-refractivity contribution is 7.99. The first-order valence-electron chi connectivity index (χ1n) is 7.17. The second kappa shape index (κ2) is 7.77. The predicted octanol–water partition coefficient (Wildman–Crippen LogP) is 3.70. The van der Waals surface area contributed by atoms with Gasteiger partial charge in [0.2, 0.25) is 11.1 Å². The smallest absolute Gasteiger partial charge is 0.234 e. The van der Waals surface area contributed by atoms with E-state index < -0.39 is 0 Å². The topological polar surface area (TPSA) is 85.8 Å². The lowest BCUT2D eigenvalue weighted by Gasteiger charge is -2.06. The number of rotatable bonds is 5. The summed E-state index contributed by atoms with van der Waals surface area (Å²) in [5.74, 6) is 6.46. The Morgan fingerprint density at radius 3 is 2.60 bits per heavy atom. The average Bonchev–Trinajstić information content (AvgIpc) is 2.96. The van der Waals surface area contributed by atoms with Gasteiger partial charge in [-0.05, 0) is 36.4 Å². The molecule has 0 aliphatic rings. The van der Waals surface area contributed by atoms with Crippen molar-refractivity contribution in [2.75, 3.05) is 16.9 Å². The highest BCUT2D eigenvalue weighted by Gasteiger charge is 2.14. The number of carbonyl (C=O) groups excluding carboxylic acids is 1. The Morgan fingerprint density at radius 1 is 1.12 bits per heavy atom. The molecule has 0 atom stereocenters. The van der Waals surface area contributed by atoms with Crippen molar-refractivity contribution in [3.8, 4) is 11.4 Å². The molecule has 6 nitrogen and oxygen atoms in total. The van der Waals surface area contributed by atoms with E-state index in [1.54, 1.807) is 42.5 Å². The van der Waals surface area contributed by atoms with Crippen molar-refractivity contribution in [1.29, 1.82) is 0 Å². The number of halogens is 2. The molecule has 0 saturated carbocycles. The zero-order valence-electron chi connectivity index (χ0n) is 12.8. The van der Waals surface area contributed by atoms with Gasteiger partial charge < -0.3 is 11.2 Å². The standard InChI is InChI=1S/C16H13Cl2N5OS/c17-11-4-6-13(7-5-11)20-14(24)9-25-16-22-21-15(23(16)19)10-2-1-3-12(18)8-10/h1-8H,9,19H2,(H,20,24). The van der Waals surface area contributed by atoms with Gasteiger partial charge in [-0.25, -0.2) is 4.68 Å². The van der Waals surface area contributed by atoms with E-state index in [2.05, 4.69) is 15.5 Å². The third kappa shape index (κ3) is 4.45. The molecule has 0 spiro atoms. The highest BCUT2D eigenvalue weighted by Crippen LogP contribution is 2.24. The normalized spacial score (nSPS) is 10.6. The number of hydrogen-bond donors (Lipinski definition) is 2. The third-order valence-electron chi connectivity index (χ3n) is 3.21. The summed E-state index contributed by atoms with van der Waals surface area (Å²) in [6.07, 6.45) is 0. The molecular weight excluding hydrogens is 381 g/mol. The molecule has 0 bridgehead atoms. The molecule has 2 aromatic carbocycles. The number of anilines is 1. The van der Waals surface area contributed by atoms with Gasteiger partial charge in [-0.1, -0.05) is 47.1 Å². The quantitative estimate of drug-likeness (QED) is 0.509. The fourth-order valence-corrected chi connectivity index (χ4v) is 3.03. The average molecular weight is 394 g/mol. The molecule has 3 N–H and O–H groups in total. The molecule has 0 aliphatic heterocycles. The summed E-state index contributed by atoms with van der Waals surface area (Å²) in [5, 5.41) is 12.5. The van der Waals surface area contributed by atoms with Crippen LogP contribution in [0.5, 0.6) is 0 Å². The van der Waals surface area contributed by atoms with Gasteiger partial charge >= 0.3 is 0 Å². The second-order valence-electron chi connectivity index (χ2n) is 5.03. The summed E-state index contributed by atoms with van der Waals surface area (Å²) in [6, 6.07) is 14.0. The minimum Gasteiger partial charge on any atom is -0.335 e. The summed E-state index contributed by atoms with van der Waals surface area (Å²) < 4.78 is 1.34. The highest BCUT2D eigenvalue weighted by atomic mass is 35.5. The number of nitrogen functional groups attached to an aromatic ring is 1. The number of amides is 1. The van der Waals surface area contributed by atoms with E-state index in [4.69, 9.17) is 29.0 Å². The van der Waals surface area contributed by atoms with Crippen LogP contribution in [0, 0.1) is 0 Å². The molecular formula is C16H13Cl2N5OS. The SMILES string of the molecule is Nn1c(SCC(=O)Nc2ccc(Cl)cc2)nnc1-c1cccc(Cl)c1. The summed E-state index contributed by atoms with van der Waals surface area (Å²) >= 11 is 13.0. The van der Waals surface area contributed by atoms with Gasteiger partial charge in [0.15, 0.2) is 5.82 Å². The monoisotopic (exact) mass is 393 g/mol. The number of nitrogens with one attached hydrogen (secondary N) is 1. The lowest BCUT2D eigenvalue weighted by atomic mass is 10.2. The van der Waals surface area contributed by atoms with Crippen LogP contribution in [-0.4, -0.2) is 26.5 Å². The van der Waals surface area contributed by atoms with Gasteiger partial charge in [0.05, 0.1) is 5.75 Å². The fraction of sp³-hybridized carbons (Fsp3) is 0.0625. The van der Waals surface area contributed by atoms with E-state index in [0.717, 1.165) is 5.56 Å². The molecule has 0 radical (unpaired) electrons. The Labute approximate surface area is 158 Å². The molecule has 0 saturated heterocycles. The molecule has 25 heavy (non-hydrogen) atoms. The van der Waals surface area contributed by atoms with Gasteiger partial charge in [0.25, 0.3) is 0 Å². The molecule has 128 valence electrons. The molecule has 3 rings (SSSR count). The van der Waals surface area contributed by atoms with E-state index in [-0.39, 0.29) is 11.7 Å². The van der Waals surface area contributed by atoms with Crippen LogP contribution in [0.2, 0.25) is 10.0 Å². The van der Waals surface area contributed by atoms with Crippen molar-refractivity contribution < 1.29 is 4.79 Å². The largest absolute Gasteiger partial charge is 0.335 e. The van der Waals surface area contributed by atoms with Crippen molar-refractivity contribution in [3.05, 3.63) is 58.6 Å². The number of nitrogens with zero attached hydrogens (tertiary/aromatic N) is 3. The number of hydrogen-bond acceptors (Lipinski definition) is 5. The van der Waals surface area contributed by atoms with Gasteiger partial charge in [-0.2, -0.15) is 0 Å². The molecule has 9 heteroatoms. The Balaban J connectivity index is 1.64. The lowest BCUT2D eigenvalue weighted by Crippen LogP contribution is -2.16. The molecule has 1 heterocycles. The summed E-state index contributed by atoms with van der Waals surface area (Å²) in [4.78, 5) is 12.0. The lowest BCUT2D eigenvalue weighted by molar-refractivity contribution is -0.113. The Morgan fingerprint density at radius 2 is 1.88 bits per heavy atom. The number of nitrogens with two attached hydrogens (primary N) is 1. The summed E-state index contributed by atoms with van der Waals surface area (Å²) in [6.45, 7) is 0. The number of aromatic nitrogens is 3. The first-order chi connectivity index (χ1) is 12.0. The van der Waals surface area contributed by atoms with Gasteiger partial charge in [0, 0.05) is 21.3 Å². The zero-order chi connectivity index (χ0) is 17.8. The van der Waals surface area contributed by atoms with Gasteiger partial charge in [0.1, 0.15) is 0 Å². The second-order valence-corrected chi connectivity index (χ2v) is 6.85. The minimum absolute atomic E-state index is 0.146. The van der Waals surface area contributed by atoms with E-state index in [1.165, 1.54) is 16.4 Å². The van der Waals surface area contributed by atoms with Crippen LogP contribution < -0.4 is 11.2 Å². The van der Waals surface area contributed by atoms with Crippen LogP contribution in [0.3, 0.4) is 0 Å². The van der Waals surface area contributed by atoms with Crippen molar-refractivity contribution in [2.24, 2.45) is 0 Å². The van der Waals surface area contributed by atoms with Crippen molar-refractivity contribution in [3.63, 3.8) is 0 Å². The number of thioether (sulfide) groups is 1. The molecule has 0 fully saturated rings. The molecule has 0 unspecified atom stereocenters. The first kappa shape index (κ1) is 17.6. The predicted molar refractivity (Wildman–Crippen MR) is 101 cm³/mol. The molecule has 1 amide bonds. The van der Waals surface area contributed by atoms with Crippen LogP contribution in [0.1, 0.15) is 0 Å². The van der Waals surface area contributed by atoms with Crippen LogP contribution in [-0.2, 0) is 4.79 Å². The van der Waals surface area contributed by atoms with Crippen LogP contribution >= 0.6 is 35.0 Å². The van der Waals surface area contributed by atoms with Crippen LogP contribution in [0.4, 0.5) is 5.69 Å². The first-order valence-corrected chi connectivity index (χ1v) is 8.92. The van der Waals surface area contributed by atoms with Crippen molar-refractivity contribution in [2.45, 2.75) is 5.16 Å². The fourth-order valence-electron chi connectivity index (χ4n) is 2.06. The molecule has 0 aliphatic carbocycles. The maximum atomic E-state index is 12.0. The third-order valence-corrected chi connectivity index (χ3v) is 4.64.